The molecule has 0 aliphatic carbocycles. The summed E-state index contributed by atoms with van der Waals surface area (Å²) in [5, 5.41) is 0. The molecule has 3 fully saturated rings. The molecule has 0 amide bonds. The van der Waals surface area contributed by atoms with Crippen molar-refractivity contribution in [2.45, 2.75) is 24.9 Å². The Balaban J connectivity index is 1.84. The molecule has 3 rings (SSSR count). The van der Waals surface area contributed by atoms with Crippen LogP contribution in [0.15, 0.2) is 0 Å². The van der Waals surface area contributed by atoms with E-state index in [9.17, 15) is 0 Å². The Kier molecular flexibility index (Phi) is 1.27. The molecule has 0 aromatic heterocycles. The summed E-state index contributed by atoms with van der Waals surface area (Å²) in [5.74, 6) is 0.789. The predicted molar refractivity (Wildman–Crippen MR) is 41.0 cm³/mol. The highest BCUT2D eigenvalue weighted by Crippen LogP contribution is 2.35. The lowest BCUT2D eigenvalue weighted by Crippen LogP contribution is -2.29. The van der Waals surface area contributed by atoms with E-state index in [1.807, 2.05) is 0 Å². The van der Waals surface area contributed by atoms with Crippen molar-refractivity contribution in [3.63, 3.8) is 0 Å². The Morgan fingerprint density at radius 2 is 2.45 bits per heavy atom. The van der Waals surface area contributed by atoms with Crippen molar-refractivity contribution >= 4 is 0 Å². The van der Waals surface area contributed by atoms with Gasteiger partial charge in [-0.15, -0.1) is 0 Å². The Hall–Kier alpha value is -0.120. The number of hydroxylamine groups is 1. The van der Waals surface area contributed by atoms with Crippen LogP contribution in [0.4, 0.5) is 0 Å². The van der Waals surface area contributed by atoms with Gasteiger partial charge in [-0.3, -0.25) is 4.90 Å². The van der Waals surface area contributed by atoms with E-state index >= 15 is 0 Å². The Bertz CT molecular complexity index is 155. The van der Waals surface area contributed by atoms with Gasteiger partial charge in [0.15, 0.2) is 0 Å². The quantitative estimate of drug-likeness (QED) is 0.531. The smallest absolute Gasteiger partial charge is 0.0741 e. The number of hydrogen-bond donors (Lipinski definition) is 1. The summed E-state index contributed by atoms with van der Waals surface area (Å²) in [6, 6.07) is 1.48. The van der Waals surface area contributed by atoms with Gasteiger partial charge in [-0.2, -0.15) is 5.48 Å². The van der Waals surface area contributed by atoms with Crippen LogP contribution in [0, 0.1) is 5.92 Å². The summed E-state index contributed by atoms with van der Waals surface area (Å²) >= 11 is 0. The van der Waals surface area contributed by atoms with Gasteiger partial charge in [0.25, 0.3) is 0 Å². The zero-order chi connectivity index (χ0) is 7.26. The number of fused-ring (bicyclic) bond motifs is 3. The van der Waals surface area contributed by atoms with Crippen LogP contribution < -0.4 is 5.48 Å². The minimum atomic E-state index is 0.639. The fourth-order valence-electron chi connectivity index (χ4n) is 2.82. The lowest BCUT2D eigenvalue weighted by molar-refractivity contribution is 0.0677. The van der Waals surface area contributed by atoms with E-state index in [2.05, 4.69) is 10.4 Å². The summed E-state index contributed by atoms with van der Waals surface area (Å²) in [5.41, 5.74) is 3.11. The van der Waals surface area contributed by atoms with Gasteiger partial charge in [0.05, 0.1) is 12.6 Å². The molecule has 3 heteroatoms. The van der Waals surface area contributed by atoms with Gasteiger partial charge in [-0.25, -0.2) is 0 Å². The molecule has 62 valence electrons. The molecule has 3 aliphatic heterocycles. The van der Waals surface area contributed by atoms with Crippen molar-refractivity contribution < 1.29 is 4.84 Å². The van der Waals surface area contributed by atoms with Crippen molar-refractivity contribution in [1.29, 1.82) is 0 Å². The molecule has 0 saturated carbocycles. The molecule has 0 spiro atoms. The summed E-state index contributed by atoms with van der Waals surface area (Å²) in [4.78, 5) is 7.86. The van der Waals surface area contributed by atoms with Crippen LogP contribution >= 0.6 is 0 Å². The maximum absolute atomic E-state index is 5.24. The average molecular weight is 154 g/mol. The van der Waals surface area contributed by atoms with E-state index < -0.39 is 0 Å². The van der Waals surface area contributed by atoms with Crippen LogP contribution in [-0.4, -0.2) is 36.7 Å². The highest BCUT2D eigenvalue weighted by atomic mass is 16.7. The maximum atomic E-state index is 5.24. The maximum Gasteiger partial charge on any atom is 0.0741 e. The van der Waals surface area contributed by atoms with Gasteiger partial charge in [-0.05, 0) is 19.4 Å². The van der Waals surface area contributed by atoms with Crippen LogP contribution in [0.25, 0.3) is 0 Å². The van der Waals surface area contributed by atoms with E-state index in [0.29, 0.717) is 6.04 Å². The molecule has 0 aromatic rings. The second-order valence-electron chi connectivity index (χ2n) is 3.90. The number of nitrogens with zero attached hydrogens (tertiary/aromatic N) is 1. The standard InChI is InChI=1S/C8H14N2O/c1-2-8-6-5-11-9-7(6)4-10(8)3-1/h6-9H,1-5H2. The van der Waals surface area contributed by atoms with Crippen LogP contribution in [0.1, 0.15) is 12.8 Å². The molecule has 3 saturated heterocycles. The normalized spacial score (nSPS) is 49.6. The van der Waals surface area contributed by atoms with Gasteiger partial charge >= 0.3 is 0 Å². The molecular weight excluding hydrogens is 140 g/mol. The van der Waals surface area contributed by atoms with Crippen LogP contribution in [0.2, 0.25) is 0 Å². The third kappa shape index (κ3) is 0.789. The van der Waals surface area contributed by atoms with Gasteiger partial charge in [0, 0.05) is 18.5 Å². The molecule has 0 aromatic carbocycles. The Labute approximate surface area is 66.7 Å². The highest BCUT2D eigenvalue weighted by molar-refractivity contribution is 5.00. The highest BCUT2D eigenvalue weighted by Gasteiger charge is 2.46. The summed E-state index contributed by atoms with van der Waals surface area (Å²) in [6.07, 6.45) is 2.79. The number of nitrogens with one attached hydrogen (secondary N) is 1. The van der Waals surface area contributed by atoms with Crippen molar-refractivity contribution in [1.82, 2.24) is 10.4 Å². The van der Waals surface area contributed by atoms with Crippen LogP contribution in [0.3, 0.4) is 0 Å². The second kappa shape index (κ2) is 2.19. The molecule has 3 unspecified atom stereocenters. The van der Waals surface area contributed by atoms with Crippen molar-refractivity contribution in [2.24, 2.45) is 5.92 Å². The number of rotatable bonds is 0. The first-order chi connectivity index (χ1) is 5.45. The topological polar surface area (TPSA) is 24.5 Å². The van der Waals surface area contributed by atoms with Crippen LogP contribution in [0.5, 0.6) is 0 Å². The molecule has 11 heavy (non-hydrogen) atoms. The zero-order valence-electron chi connectivity index (χ0n) is 6.62. The van der Waals surface area contributed by atoms with E-state index in [0.717, 1.165) is 18.6 Å². The van der Waals surface area contributed by atoms with Gasteiger partial charge < -0.3 is 4.84 Å². The fraction of sp³-hybridized carbons (Fsp3) is 1.00. The molecule has 0 bridgehead atoms. The first kappa shape index (κ1) is 6.40. The van der Waals surface area contributed by atoms with Crippen molar-refractivity contribution in [3.05, 3.63) is 0 Å². The SMILES string of the molecule is C1CC2C3CONC3CN2C1. The van der Waals surface area contributed by atoms with E-state index in [1.165, 1.54) is 25.9 Å². The van der Waals surface area contributed by atoms with Crippen molar-refractivity contribution in [3.8, 4) is 0 Å². The van der Waals surface area contributed by atoms with Gasteiger partial charge in [0.2, 0.25) is 0 Å². The third-order valence-electron chi connectivity index (χ3n) is 3.37. The zero-order valence-corrected chi connectivity index (χ0v) is 6.62. The van der Waals surface area contributed by atoms with Gasteiger partial charge in [0.1, 0.15) is 0 Å². The van der Waals surface area contributed by atoms with E-state index in [4.69, 9.17) is 4.84 Å². The van der Waals surface area contributed by atoms with Gasteiger partial charge in [-0.1, -0.05) is 0 Å². The summed E-state index contributed by atoms with van der Waals surface area (Å²) in [7, 11) is 0. The Morgan fingerprint density at radius 1 is 1.45 bits per heavy atom. The minimum Gasteiger partial charge on any atom is -0.301 e. The average Bonchev–Trinajstić information content (AvgIpc) is 2.52. The minimum absolute atomic E-state index is 0.639. The Morgan fingerprint density at radius 3 is 3.45 bits per heavy atom. The van der Waals surface area contributed by atoms with E-state index in [-0.39, 0.29) is 0 Å². The number of hydrogen-bond acceptors (Lipinski definition) is 3. The molecule has 3 heterocycles. The van der Waals surface area contributed by atoms with Crippen LogP contribution in [-0.2, 0) is 4.84 Å². The lowest BCUT2D eigenvalue weighted by atomic mass is 9.97. The monoisotopic (exact) mass is 154 g/mol. The molecular formula is C8H14N2O. The predicted octanol–water partition coefficient (Wildman–Crippen LogP) is -0.0160. The molecule has 1 N–H and O–H groups in total. The second-order valence-corrected chi connectivity index (χ2v) is 3.90. The first-order valence-electron chi connectivity index (χ1n) is 4.56. The lowest BCUT2D eigenvalue weighted by Gasteiger charge is -2.17. The molecule has 3 atom stereocenters. The van der Waals surface area contributed by atoms with E-state index in [1.54, 1.807) is 0 Å². The largest absolute Gasteiger partial charge is 0.301 e. The molecule has 0 radical (unpaired) electrons. The first-order valence-corrected chi connectivity index (χ1v) is 4.56. The molecule has 3 nitrogen and oxygen atoms in total. The van der Waals surface area contributed by atoms with Crippen molar-refractivity contribution in [2.75, 3.05) is 19.7 Å². The summed E-state index contributed by atoms with van der Waals surface area (Å²) < 4.78 is 0. The summed E-state index contributed by atoms with van der Waals surface area (Å²) in [6.45, 7) is 3.47. The fourth-order valence-corrected chi connectivity index (χ4v) is 2.82. The molecule has 3 aliphatic rings. The third-order valence-corrected chi connectivity index (χ3v) is 3.37.